The van der Waals surface area contributed by atoms with E-state index >= 15 is 0 Å². The molecule has 0 bridgehead atoms. The SMILES string of the molecule is CC(C)(C)C1CCC(C(F)(F)F)CC1F. The van der Waals surface area contributed by atoms with E-state index in [9.17, 15) is 17.6 Å². The molecule has 0 aromatic carbocycles. The number of hydrogen-bond donors (Lipinski definition) is 0. The molecule has 0 amide bonds. The summed E-state index contributed by atoms with van der Waals surface area (Å²) in [6, 6.07) is 0. The molecule has 0 aliphatic heterocycles. The summed E-state index contributed by atoms with van der Waals surface area (Å²) in [5, 5.41) is 0. The third-order valence-electron chi connectivity index (χ3n) is 3.35. The summed E-state index contributed by atoms with van der Waals surface area (Å²) < 4.78 is 50.7. The smallest absolute Gasteiger partial charge is 0.247 e. The first-order valence-corrected chi connectivity index (χ1v) is 5.33. The van der Waals surface area contributed by atoms with Gasteiger partial charge in [0.1, 0.15) is 6.17 Å². The van der Waals surface area contributed by atoms with Crippen molar-refractivity contribution < 1.29 is 17.6 Å². The van der Waals surface area contributed by atoms with Crippen molar-refractivity contribution in [2.75, 3.05) is 0 Å². The van der Waals surface area contributed by atoms with E-state index in [-0.39, 0.29) is 24.2 Å². The van der Waals surface area contributed by atoms with Gasteiger partial charge in [0.15, 0.2) is 0 Å². The lowest BCUT2D eigenvalue weighted by molar-refractivity contribution is -0.192. The van der Waals surface area contributed by atoms with E-state index in [0.717, 1.165) is 0 Å². The third-order valence-corrected chi connectivity index (χ3v) is 3.35. The first-order valence-electron chi connectivity index (χ1n) is 5.33. The zero-order valence-electron chi connectivity index (χ0n) is 9.37. The summed E-state index contributed by atoms with van der Waals surface area (Å²) in [6.45, 7) is 5.66. The average molecular weight is 226 g/mol. The Kier molecular flexibility index (Phi) is 3.36. The van der Waals surface area contributed by atoms with Crippen LogP contribution in [0.4, 0.5) is 17.6 Å². The molecule has 1 rings (SSSR count). The highest BCUT2D eigenvalue weighted by Crippen LogP contribution is 2.46. The average Bonchev–Trinajstić information content (AvgIpc) is 1.99. The highest BCUT2D eigenvalue weighted by atomic mass is 19.4. The predicted octanol–water partition coefficient (Wildman–Crippen LogP) is 4.35. The number of alkyl halides is 4. The highest BCUT2D eigenvalue weighted by molar-refractivity contribution is 4.88. The molecular formula is C11H18F4. The van der Waals surface area contributed by atoms with Crippen LogP contribution >= 0.6 is 0 Å². The molecule has 0 radical (unpaired) electrons. The second-order valence-corrected chi connectivity index (χ2v) is 5.54. The van der Waals surface area contributed by atoms with Gasteiger partial charge in [-0.1, -0.05) is 20.8 Å². The quantitative estimate of drug-likeness (QED) is 0.539. The van der Waals surface area contributed by atoms with E-state index in [4.69, 9.17) is 0 Å². The van der Waals surface area contributed by atoms with Crippen molar-refractivity contribution in [1.82, 2.24) is 0 Å². The van der Waals surface area contributed by atoms with Gasteiger partial charge in [-0.05, 0) is 30.6 Å². The molecule has 0 nitrogen and oxygen atoms in total. The second kappa shape index (κ2) is 3.95. The van der Waals surface area contributed by atoms with Gasteiger partial charge in [-0.25, -0.2) is 4.39 Å². The summed E-state index contributed by atoms with van der Waals surface area (Å²) in [6.07, 6.45) is -5.48. The van der Waals surface area contributed by atoms with Crippen LogP contribution in [-0.2, 0) is 0 Å². The van der Waals surface area contributed by atoms with Crippen LogP contribution in [0.2, 0.25) is 0 Å². The fourth-order valence-corrected chi connectivity index (χ4v) is 2.39. The Hall–Kier alpha value is -0.280. The van der Waals surface area contributed by atoms with Gasteiger partial charge < -0.3 is 0 Å². The minimum atomic E-state index is -4.23. The van der Waals surface area contributed by atoms with E-state index in [1.165, 1.54) is 0 Å². The van der Waals surface area contributed by atoms with E-state index in [0.29, 0.717) is 6.42 Å². The highest BCUT2D eigenvalue weighted by Gasteiger charge is 2.47. The summed E-state index contributed by atoms with van der Waals surface area (Å²) in [4.78, 5) is 0. The Morgan fingerprint density at radius 1 is 1.00 bits per heavy atom. The molecule has 0 saturated heterocycles. The van der Waals surface area contributed by atoms with Gasteiger partial charge in [0.05, 0.1) is 5.92 Å². The normalized spacial score (nSPS) is 34.2. The monoisotopic (exact) mass is 226 g/mol. The Bertz CT molecular complexity index is 214. The van der Waals surface area contributed by atoms with Crippen molar-refractivity contribution in [3.05, 3.63) is 0 Å². The molecule has 1 aliphatic rings. The zero-order valence-corrected chi connectivity index (χ0v) is 9.37. The summed E-state index contributed by atoms with van der Waals surface area (Å²) in [5.74, 6) is -1.68. The minimum absolute atomic E-state index is 0.0753. The predicted molar refractivity (Wildman–Crippen MR) is 51.2 cm³/mol. The van der Waals surface area contributed by atoms with Crippen molar-refractivity contribution in [3.63, 3.8) is 0 Å². The standard InChI is InChI=1S/C11H18F4/c1-10(2,3)8-5-4-7(6-9(8)12)11(13,14)15/h7-9H,4-6H2,1-3H3. The molecule has 3 atom stereocenters. The molecule has 3 unspecified atom stereocenters. The van der Waals surface area contributed by atoms with Gasteiger partial charge in [-0.15, -0.1) is 0 Å². The first-order chi connectivity index (χ1) is 6.62. The van der Waals surface area contributed by atoms with Crippen LogP contribution in [0.25, 0.3) is 0 Å². The number of rotatable bonds is 0. The van der Waals surface area contributed by atoms with Crippen LogP contribution in [0.5, 0.6) is 0 Å². The van der Waals surface area contributed by atoms with Gasteiger partial charge >= 0.3 is 6.18 Å². The van der Waals surface area contributed by atoms with Crippen molar-refractivity contribution >= 4 is 0 Å². The van der Waals surface area contributed by atoms with E-state index in [2.05, 4.69) is 0 Å². The third kappa shape index (κ3) is 3.08. The lowest BCUT2D eigenvalue weighted by Crippen LogP contribution is -2.39. The summed E-state index contributed by atoms with van der Waals surface area (Å²) >= 11 is 0. The fraction of sp³-hybridized carbons (Fsp3) is 1.00. The zero-order chi connectivity index (χ0) is 11.9. The maximum atomic E-state index is 13.6. The fourth-order valence-electron chi connectivity index (χ4n) is 2.39. The molecule has 0 heterocycles. The van der Waals surface area contributed by atoms with Gasteiger partial charge in [-0.2, -0.15) is 13.2 Å². The minimum Gasteiger partial charge on any atom is -0.247 e. The van der Waals surface area contributed by atoms with Crippen LogP contribution in [0.1, 0.15) is 40.0 Å². The molecule has 1 aliphatic carbocycles. The van der Waals surface area contributed by atoms with Crippen LogP contribution in [0.15, 0.2) is 0 Å². The molecule has 1 saturated carbocycles. The van der Waals surface area contributed by atoms with E-state index < -0.39 is 18.3 Å². The molecule has 15 heavy (non-hydrogen) atoms. The lowest BCUT2D eigenvalue weighted by atomic mass is 9.68. The molecular weight excluding hydrogens is 208 g/mol. The maximum Gasteiger partial charge on any atom is 0.391 e. The topological polar surface area (TPSA) is 0 Å². The molecule has 0 aromatic heterocycles. The number of hydrogen-bond acceptors (Lipinski definition) is 0. The Morgan fingerprint density at radius 2 is 1.53 bits per heavy atom. The molecule has 0 aromatic rings. The van der Waals surface area contributed by atoms with Crippen LogP contribution in [-0.4, -0.2) is 12.3 Å². The molecule has 90 valence electrons. The molecule has 1 fully saturated rings. The Balaban J connectivity index is 2.64. The number of halogens is 4. The van der Waals surface area contributed by atoms with Gasteiger partial charge in [0, 0.05) is 0 Å². The van der Waals surface area contributed by atoms with Gasteiger partial charge in [0.25, 0.3) is 0 Å². The largest absolute Gasteiger partial charge is 0.391 e. The van der Waals surface area contributed by atoms with Crippen LogP contribution in [0, 0.1) is 17.3 Å². The first kappa shape index (κ1) is 12.8. The van der Waals surface area contributed by atoms with Crippen molar-refractivity contribution in [2.24, 2.45) is 17.3 Å². The lowest BCUT2D eigenvalue weighted by Gasteiger charge is -2.39. The molecule has 0 spiro atoms. The van der Waals surface area contributed by atoms with Crippen LogP contribution < -0.4 is 0 Å². The van der Waals surface area contributed by atoms with Crippen LogP contribution in [0.3, 0.4) is 0 Å². The Labute approximate surface area is 88.0 Å². The van der Waals surface area contributed by atoms with Crippen molar-refractivity contribution in [3.8, 4) is 0 Å². The summed E-state index contributed by atoms with van der Waals surface area (Å²) in [7, 11) is 0. The van der Waals surface area contributed by atoms with Gasteiger partial charge in [0.2, 0.25) is 0 Å². The Morgan fingerprint density at radius 3 is 1.87 bits per heavy atom. The van der Waals surface area contributed by atoms with E-state index in [1.807, 2.05) is 20.8 Å². The summed E-state index contributed by atoms with van der Waals surface area (Å²) in [5.41, 5.74) is -0.240. The molecule has 4 heteroatoms. The van der Waals surface area contributed by atoms with E-state index in [1.54, 1.807) is 0 Å². The van der Waals surface area contributed by atoms with Gasteiger partial charge in [-0.3, -0.25) is 0 Å². The molecule has 0 N–H and O–H groups in total. The second-order valence-electron chi connectivity index (χ2n) is 5.54. The maximum absolute atomic E-state index is 13.6. The van der Waals surface area contributed by atoms with Crippen molar-refractivity contribution in [1.29, 1.82) is 0 Å². The van der Waals surface area contributed by atoms with Crippen molar-refractivity contribution in [2.45, 2.75) is 52.4 Å².